The molecular weight excluding hydrogens is 192 g/mol. The Balaban J connectivity index is 2.48. The molecule has 0 heteroatoms. The van der Waals surface area contributed by atoms with Crippen LogP contribution in [0.1, 0.15) is 5.56 Å². The van der Waals surface area contributed by atoms with E-state index in [1.54, 1.807) is 6.08 Å². The highest BCUT2D eigenvalue weighted by molar-refractivity contribution is 5.75. The van der Waals surface area contributed by atoms with Gasteiger partial charge in [-0.15, -0.1) is 0 Å². The Bertz CT molecular complexity index is 492. The second kappa shape index (κ2) is 5.13. The van der Waals surface area contributed by atoms with Crippen molar-refractivity contribution in [3.8, 4) is 11.1 Å². The van der Waals surface area contributed by atoms with Gasteiger partial charge in [-0.05, 0) is 16.7 Å². The van der Waals surface area contributed by atoms with Crippen molar-refractivity contribution < 1.29 is 0 Å². The van der Waals surface area contributed by atoms with E-state index in [4.69, 9.17) is 0 Å². The third-order valence-electron chi connectivity index (χ3n) is 2.46. The van der Waals surface area contributed by atoms with E-state index in [1.807, 2.05) is 12.1 Å². The lowest BCUT2D eigenvalue weighted by Crippen LogP contribution is -1.81. The highest BCUT2D eigenvalue weighted by atomic mass is 14.0. The molecule has 0 aliphatic rings. The lowest BCUT2D eigenvalue weighted by atomic mass is 9.99. The fourth-order valence-electron chi connectivity index (χ4n) is 1.69. The molecule has 0 aliphatic heterocycles. The molecule has 0 saturated heterocycles. The van der Waals surface area contributed by atoms with Gasteiger partial charge in [0.1, 0.15) is 0 Å². The van der Waals surface area contributed by atoms with E-state index in [1.165, 1.54) is 16.7 Å². The third-order valence-corrected chi connectivity index (χ3v) is 2.46. The van der Waals surface area contributed by atoms with Gasteiger partial charge in [-0.25, -0.2) is 0 Å². The molecule has 0 unspecified atom stereocenters. The van der Waals surface area contributed by atoms with Crippen molar-refractivity contribution in [1.82, 2.24) is 0 Å². The molecule has 0 atom stereocenters. The van der Waals surface area contributed by atoms with Crippen molar-refractivity contribution in [2.45, 2.75) is 0 Å². The van der Waals surface area contributed by atoms with Gasteiger partial charge in [-0.3, -0.25) is 0 Å². The van der Waals surface area contributed by atoms with Crippen LogP contribution < -0.4 is 0 Å². The summed E-state index contributed by atoms with van der Waals surface area (Å²) in [6.45, 7) is 3.69. The fraction of sp³-hybridized carbons (Fsp3) is 0. The summed E-state index contributed by atoms with van der Waals surface area (Å²) < 4.78 is 0. The van der Waals surface area contributed by atoms with Crippen molar-refractivity contribution in [2.75, 3.05) is 0 Å². The number of hydrogen-bond donors (Lipinski definition) is 0. The van der Waals surface area contributed by atoms with Crippen molar-refractivity contribution >= 4 is 6.08 Å². The van der Waals surface area contributed by atoms with E-state index in [0.29, 0.717) is 0 Å². The van der Waals surface area contributed by atoms with Crippen LogP contribution in [0.15, 0.2) is 73.3 Å². The average Bonchev–Trinajstić information content (AvgIpc) is 2.38. The summed E-state index contributed by atoms with van der Waals surface area (Å²) in [7, 11) is 0. The van der Waals surface area contributed by atoms with Gasteiger partial charge in [0.25, 0.3) is 0 Å². The minimum atomic E-state index is 1.22. The first-order chi connectivity index (χ1) is 7.92. The van der Waals surface area contributed by atoms with Crippen molar-refractivity contribution in [1.29, 1.82) is 0 Å². The summed E-state index contributed by atoms with van der Waals surface area (Å²) in [5.41, 5.74) is 3.71. The van der Waals surface area contributed by atoms with Crippen molar-refractivity contribution in [3.05, 3.63) is 78.9 Å². The lowest BCUT2D eigenvalue weighted by Gasteiger charge is -2.05. The topological polar surface area (TPSA) is 0 Å². The van der Waals surface area contributed by atoms with Crippen LogP contribution in [0.5, 0.6) is 0 Å². The van der Waals surface area contributed by atoms with Gasteiger partial charge in [0, 0.05) is 0 Å². The SMILES string of the molecule is C=CC=Cc1ccccc1-c1ccccc1. The van der Waals surface area contributed by atoms with Gasteiger partial charge < -0.3 is 0 Å². The van der Waals surface area contributed by atoms with Gasteiger partial charge >= 0.3 is 0 Å². The Labute approximate surface area is 96.6 Å². The molecule has 0 N–H and O–H groups in total. The molecule has 0 bridgehead atoms. The Morgan fingerprint density at radius 1 is 0.812 bits per heavy atom. The predicted octanol–water partition coefficient (Wildman–Crippen LogP) is 4.55. The molecule has 2 aromatic carbocycles. The van der Waals surface area contributed by atoms with Gasteiger partial charge in [-0.1, -0.05) is 79.4 Å². The zero-order valence-electron chi connectivity index (χ0n) is 9.14. The molecule has 2 rings (SSSR count). The quantitative estimate of drug-likeness (QED) is 0.646. The van der Waals surface area contributed by atoms with E-state index in [0.717, 1.165) is 0 Å². The summed E-state index contributed by atoms with van der Waals surface area (Å²) in [5.74, 6) is 0. The molecule has 0 nitrogen and oxygen atoms in total. The fourth-order valence-corrected chi connectivity index (χ4v) is 1.69. The molecule has 0 aromatic heterocycles. The molecule has 0 amide bonds. The van der Waals surface area contributed by atoms with Crippen LogP contribution in [0.4, 0.5) is 0 Å². The number of hydrogen-bond acceptors (Lipinski definition) is 0. The second-order valence-corrected chi connectivity index (χ2v) is 3.55. The maximum atomic E-state index is 3.69. The molecule has 0 fully saturated rings. The van der Waals surface area contributed by atoms with E-state index in [9.17, 15) is 0 Å². The Kier molecular flexibility index (Phi) is 3.35. The van der Waals surface area contributed by atoms with Crippen molar-refractivity contribution in [2.24, 2.45) is 0 Å². The smallest absolute Gasteiger partial charge is 0.0111 e. The largest absolute Gasteiger partial charge is 0.0991 e. The van der Waals surface area contributed by atoms with E-state index in [2.05, 4.69) is 61.2 Å². The third kappa shape index (κ3) is 2.29. The summed E-state index contributed by atoms with van der Waals surface area (Å²) in [5, 5.41) is 0. The van der Waals surface area contributed by atoms with E-state index >= 15 is 0 Å². The van der Waals surface area contributed by atoms with Gasteiger partial charge in [0.2, 0.25) is 0 Å². The predicted molar refractivity (Wildman–Crippen MR) is 71.1 cm³/mol. The molecule has 78 valence electrons. The van der Waals surface area contributed by atoms with Gasteiger partial charge in [0.15, 0.2) is 0 Å². The zero-order chi connectivity index (χ0) is 11.2. The second-order valence-electron chi connectivity index (χ2n) is 3.55. The first-order valence-corrected chi connectivity index (χ1v) is 5.35. The van der Waals surface area contributed by atoms with Crippen LogP contribution in [0.2, 0.25) is 0 Å². The van der Waals surface area contributed by atoms with Crippen LogP contribution in [-0.4, -0.2) is 0 Å². The molecule has 0 heterocycles. The standard InChI is InChI=1S/C16H14/c1-2-3-9-14-12-7-8-13-16(14)15-10-5-4-6-11-15/h2-13H,1H2. The maximum Gasteiger partial charge on any atom is -0.0111 e. The average molecular weight is 206 g/mol. The highest BCUT2D eigenvalue weighted by Gasteiger charge is 1.99. The monoisotopic (exact) mass is 206 g/mol. The first-order valence-electron chi connectivity index (χ1n) is 5.35. The van der Waals surface area contributed by atoms with E-state index < -0.39 is 0 Å². The molecule has 0 saturated carbocycles. The van der Waals surface area contributed by atoms with E-state index in [-0.39, 0.29) is 0 Å². The molecule has 0 aliphatic carbocycles. The molecule has 2 aromatic rings. The molecular formula is C16H14. The molecule has 0 radical (unpaired) electrons. The summed E-state index contributed by atoms with van der Waals surface area (Å²) >= 11 is 0. The zero-order valence-corrected chi connectivity index (χ0v) is 9.14. The van der Waals surface area contributed by atoms with Crippen LogP contribution >= 0.6 is 0 Å². The molecule has 16 heavy (non-hydrogen) atoms. The van der Waals surface area contributed by atoms with Crippen LogP contribution in [0, 0.1) is 0 Å². The van der Waals surface area contributed by atoms with Crippen LogP contribution in [0.25, 0.3) is 17.2 Å². The Hall–Kier alpha value is -2.08. The van der Waals surface area contributed by atoms with Crippen LogP contribution in [-0.2, 0) is 0 Å². The summed E-state index contributed by atoms with van der Waals surface area (Å²) in [4.78, 5) is 0. The van der Waals surface area contributed by atoms with Gasteiger partial charge in [-0.2, -0.15) is 0 Å². The first kappa shape index (κ1) is 10.4. The normalized spacial score (nSPS) is 10.5. The lowest BCUT2D eigenvalue weighted by molar-refractivity contribution is 1.59. The number of rotatable bonds is 3. The highest BCUT2D eigenvalue weighted by Crippen LogP contribution is 2.24. The molecule has 0 spiro atoms. The number of allylic oxidation sites excluding steroid dienone is 2. The van der Waals surface area contributed by atoms with Gasteiger partial charge in [0.05, 0.1) is 0 Å². The minimum Gasteiger partial charge on any atom is -0.0991 e. The van der Waals surface area contributed by atoms with Crippen molar-refractivity contribution in [3.63, 3.8) is 0 Å². The number of benzene rings is 2. The van der Waals surface area contributed by atoms with Crippen LogP contribution in [0.3, 0.4) is 0 Å². The Morgan fingerprint density at radius 2 is 1.50 bits per heavy atom. The Morgan fingerprint density at radius 3 is 2.25 bits per heavy atom. The summed E-state index contributed by atoms with van der Waals surface area (Å²) in [6, 6.07) is 18.8. The minimum absolute atomic E-state index is 1.22. The summed E-state index contributed by atoms with van der Waals surface area (Å²) in [6.07, 6.45) is 5.83. The maximum absolute atomic E-state index is 3.69.